The summed E-state index contributed by atoms with van der Waals surface area (Å²) in [6, 6.07) is 0. The summed E-state index contributed by atoms with van der Waals surface area (Å²) < 4.78 is 10.9. The van der Waals surface area contributed by atoms with Crippen molar-refractivity contribution in [3.05, 3.63) is 0 Å². The molecule has 0 aliphatic heterocycles. The first-order valence-corrected chi connectivity index (χ1v) is 7.26. The van der Waals surface area contributed by atoms with Crippen molar-refractivity contribution in [3.8, 4) is 0 Å². The fourth-order valence-electron chi connectivity index (χ4n) is 1.53. The molecule has 3 nitrogen and oxygen atoms in total. The molecule has 108 valence electrons. The standard InChI is InChI=1S/C15H30O3/c1-6-9-10-13(7-2)17-11-12-18-14(16)15(4,5)8-3/h13H,6-12H2,1-5H3. The van der Waals surface area contributed by atoms with Gasteiger partial charge in [0, 0.05) is 0 Å². The second kappa shape index (κ2) is 9.37. The van der Waals surface area contributed by atoms with E-state index in [4.69, 9.17) is 9.47 Å². The summed E-state index contributed by atoms with van der Waals surface area (Å²) in [6.07, 6.45) is 5.61. The Morgan fingerprint density at radius 3 is 2.33 bits per heavy atom. The molecule has 0 aromatic carbocycles. The monoisotopic (exact) mass is 258 g/mol. The first-order chi connectivity index (χ1) is 8.47. The van der Waals surface area contributed by atoms with Crippen LogP contribution in [-0.2, 0) is 14.3 Å². The van der Waals surface area contributed by atoms with E-state index in [9.17, 15) is 4.79 Å². The van der Waals surface area contributed by atoms with Crippen molar-refractivity contribution in [3.63, 3.8) is 0 Å². The van der Waals surface area contributed by atoms with E-state index in [-0.39, 0.29) is 11.4 Å². The van der Waals surface area contributed by atoms with E-state index in [2.05, 4.69) is 13.8 Å². The molecular formula is C15H30O3. The third-order valence-electron chi connectivity index (χ3n) is 3.44. The van der Waals surface area contributed by atoms with Gasteiger partial charge in [0.15, 0.2) is 0 Å². The van der Waals surface area contributed by atoms with Crippen LogP contribution in [0.3, 0.4) is 0 Å². The predicted octanol–water partition coefficient (Wildman–Crippen LogP) is 3.95. The van der Waals surface area contributed by atoms with Crippen molar-refractivity contribution in [2.45, 2.75) is 72.8 Å². The maximum Gasteiger partial charge on any atom is 0.311 e. The van der Waals surface area contributed by atoms with Gasteiger partial charge >= 0.3 is 5.97 Å². The van der Waals surface area contributed by atoms with Gasteiger partial charge in [0.1, 0.15) is 6.61 Å². The van der Waals surface area contributed by atoms with Gasteiger partial charge in [0.25, 0.3) is 0 Å². The zero-order valence-corrected chi connectivity index (χ0v) is 12.8. The van der Waals surface area contributed by atoms with Gasteiger partial charge in [-0.15, -0.1) is 0 Å². The van der Waals surface area contributed by atoms with Gasteiger partial charge in [-0.05, 0) is 33.1 Å². The molecule has 0 amide bonds. The second-order valence-electron chi connectivity index (χ2n) is 5.42. The van der Waals surface area contributed by atoms with Gasteiger partial charge in [0.2, 0.25) is 0 Å². The number of carbonyl (C=O) groups excluding carboxylic acids is 1. The fraction of sp³-hybridized carbons (Fsp3) is 0.933. The topological polar surface area (TPSA) is 35.5 Å². The predicted molar refractivity (Wildman–Crippen MR) is 74.6 cm³/mol. The zero-order chi connectivity index (χ0) is 14.0. The first-order valence-electron chi connectivity index (χ1n) is 7.26. The Balaban J connectivity index is 3.74. The molecule has 0 aromatic heterocycles. The molecule has 18 heavy (non-hydrogen) atoms. The highest BCUT2D eigenvalue weighted by atomic mass is 16.6. The van der Waals surface area contributed by atoms with Gasteiger partial charge < -0.3 is 9.47 Å². The molecule has 0 spiro atoms. The molecule has 0 fully saturated rings. The van der Waals surface area contributed by atoms with Crippen LogP contribution in [0, 0.1) is 5.41 Å². The lowest BCUT2D eigenvalue weighted by Crippen LogP contribution is -2.27. The van der Waals surface area contributed by atoms with Crippen molar-refractivity contribution >= 4 is 5.97 Å². The number of hydrogen-bond donors (Lipinski definition) is 0. The van der Waals surface area contributed by atoms with Crippen molar-refractivity contribution in [1.82, 2.24) is 0 Å². The summed E-state index contributed by atoms with van der Waals surface area (Å²) >= 11 is 0. The van der Waals surface area contributed by atoms with Gasteiger partial charge in [-0.2, -0.15) is 0 Å². The Bertz CT molecular complexity index is 224. The summed E-state index contributed by atoms with van der Waals surface area (Å²) in [7, 11) is 0. The van der Waals surface area contributed by atoms with Gasteiger partial charge in [0.05, 0.1) is 18.1 Å². The van der Waals surface area contributed by atoms with E-state index in [0.717, 1.165) is 19.3 Å². The fourth-order valence-corrected chi connectivity index (χ4v) is 1.53. The summed E-state index contributed by atoms with van der Waals surface area (Å²) in [4.78, 5) is 11.7. The molecule has 0 bridgehead atoms. The van der Waals surface area contributed by atoms with Gasteiger partial charge in [-0.1, -0.05) is 33.6 Å². The van der Waals surface area contributed by atoms with Crippen LogP contribution in [0.4, 0.5) is 0 Å². The molecule has 0 radical (unpaired) electrons. The SMILES string of the molecule is CCCCC(CC)OCCOC(=O)C(C)(C)CC. The number of unbranched alkanes of at least 4 members (excludes halogenated alkanes) is 1. The summed E-state index contributed by atoms with van der Waals surface area (Å²) in [5.74, 6) is -0.129. The number of carbonyl (C=O) groups is 1. The van der Waals surface area contributed by atoms with Crippen molar-refractivity contribution in [1.29, 1.82) is 0 Å². The lowest BCUT2D eigenvalue weighted by atomic mass is 9.91. The number of ether oxygens (including phenoxy) is 2. The molecule has 1 atom stereocenters. The molecular weight excluding hydrogens is 228 g/mol. The summed E-state index contributed by atoms with van der Waals surface area (Å²) in [6.45, 7) is 11.0. The van der Waals surface area contributed by atoms with Gasteiger partial charge in [-0.25, -0.2) is 0 Å². The molecule has 0 heterocycles. The average Bonchev–Trinajstić information content (AvgIpc) is 2.37. The number of rotatable bonds is 10. The average molecular weight is 258 g/mol. The Hall–Kier alpha value is -0.570. The first kappa shape index (κ1) is 17.4. The minimum Gasteiger partial charge on any atom is -0.463 e. The number of hydrogen-bond acceptors (Lipinski definition) is 3. The van der Waals surface area contributed by atoms with Crippen LogP contribution in [0.1, 0.15) is 66.7 Å². The molecule has 0 aliphatic carbocycles. The molecule has 0 saturated carbocycles. The maximum atomic E-state index is 11.7. The van der Waals surface area contributed by atoms with Crippen LogP contribution < -0.4 is 0 Å². The zero-order valence-electron chi connectivity index (χ0n) is 12.8. The molecule has 0 aliphatic rings. The Labute approximate surface area is 112 Å². The molecule has 3 heteroatoms. The third-order valence-corrected chi connectivity index (χ3v) is 3.44. The van der Waals surface area contributed by atoms with E-state index < -0.39 is 0 Å². The molecule has 0 aromatic rings. The molecule has 0 N–H and O–H groups in total. The lowest BCUT2D eigenvalue weighted by Gasteiger charge is -2.21. The van der Waals surface area contributed by atoms with E-state index in [1.807, 2.05) is 20.8 Å². The van der Waals surface area contributed by atoms with Crippen LogP contribution >= 0.6 is 0 Å². The van der Waals surface area contributed by atoms with E-state index >= 15 is 0 Å². The normalized spacial score (nSPS) is 13.4. The highest BCUT2D eigenvalue weighted by Crippen LogP contribution is 2.21. The lowest BCUT2D eigenvalue weighted by molar-refractivity contribution is -0.156. The Kier molecular flexibility index (Phi) is 9.08. The highest BCUT2D eigenvalue weighted by molar-refractivity contribution is 5.75. The Morgan fingerprint density at radius 2 is 1.83 bits per heavy atom. The minimum absolute atomic E-state index is 0.129. The molecule has 1 unspecified atom stereocenters. The Morgan fingerprint density at radius 1 is 1.17 bits per heavy atom. The van der Waals surface area contributed by atoms with Crippen LogP contribution in [0.25, 0.3) is 0 Å². The van der Waals surface area contributed by atoms with Crippen LogP contribution in [0.2, 0.25) is 0 Å². The van der Waals surface area contributed by atoms with E-state index in [1.54, 1.807) is 0 Å². The number of esters is 1. The third kappa shape index (κ3) is 7.00. The summed E-state index contributed by atoms with van der Waals surface area (Å²) in [5, 5.41) is 0. The second-order valence-corrected chi connectivity index (χ2v) is 5.42. The highest BCUT2D eigenvalue weighted by Gasteiger charge is 2.26. The molecule has 0 rings (SSSR count). The van der Waals surface area contributed by atoms with Crippen molar-refractivity contribution < 1.29 is 14.3 Å². The van der Waals surface area contributed by atoms with E-state index in [0.29, 0.717) is 19.3 Å². The van der Waals surface area contributed by atoms with Crippen LogP contribution in [0.15, 0.2) is 0 Å². The van der Waals surface area contributed by atoms with Crippen LogP contribution in [0.5, 0.6) is 0 Å². The van der Waals surface area contributed by atoms with Gasteiger partial charge in [-0.3, -0.25) is 4.79 Å². The van der Waals surface area contributed by atoms with E-state index in [1.165, 1.54) is 12.8 Å². The van der Waals surface area contributed by atoms with Crippen molar-refractivity contribution in [2.24, 2.45) is 5.41 Å². The largest absolute Gasteiger partial charge is 0.463 e. The van der Waals surface area contributed by atoms with Crippen LogP contribution in [-0.4, -0.2) is 25.3 Å². The smallest absolute Gasteiger partial charge is 0.311 e. The molecule has 0 saturated heterocycles. The minimum atomic E-state index is -0.383. The van der Waals surface area contributed by atoms with Crippen molar-refractivity contribution in [2.75, 3.05) is 13.2 Å². The summed E-state index contributed by atoms with van der Waals surface area (Å²) in [5.41, 5.74) is -0.383. The maximum absolute atomic E-state index is 11.7. The quantitative estimate of drug-likeness (QED) is 0.439.